The normalized spacial score (nSPS) is 11.4. The van der Waals surface area contributed by atoms with Gasteiger partial charge in [0.2, 0.25) is 0 Å². The van der Waals surface area contributed by atoms with E-state index in [1.54, 1.807) is 6.92 Å². The molecule has 4 nitrogen and oxygen atoms in total. The lowest BCUT2D eigenvalue weighted by Gasteiger charge is -2.11. The van der Waals surface area contributed by atoms with Crippen LogP contribution in [0, 0.1) is 0 Å². The highest BCUT2D eigenvalue weighted by atomic mass is 16.5. The van der Waals surface area contributed by atoms with Crippen LogP contribution in [-0.4, -0.2) is 22.2 Å². The van der Waals surface area contributed by atoms with Crippen molar-refractivity contribution in [1.82, 2.24) is 4.57 Å². The SMILES string of the molecule is CCOC(=O)c1c(O)c2c3ccccc3n(C)c2c2ccccc12. The van der Waals surface area contributed by atoms with Crippen LogP contribution in [0.25, 0.3) is 32.6 Å². The first kappa shape index (κ1) is 14.6. The molecule has 4 aromatic rings. The van der Waals surface area contributed by atoms with Crippen molar-refractivity contribution >= 4 is 38.5 Å². The summed E-state index contributed by atoms with van der Waals surface area (Å²) in [5.74, 6) is -0.514. The van der Waals surface area contributed by atoms with Crippen molar-refractivity contribution in [2.45, 2.75) is 6.92 Å². The second-order valence-corrected chi connectivity index (χ2v) is 5.79. The van der Waals surface area contributed by atoms with Crippen LogP contribution in [-0.2, 0) is 11.8 Å². The molecule has 3 aromatic carbocycles. The zero-order chi connectivity index (χ0) is 16.8. The van der Waals surface area contributed by atoms with Crippen LogP contribution in [0.3, 0.4) is 0 Å². The minimum atomic E-state index is -0.499. The Morgan fingerprint density at radius 1 is 1.04 bits per heavy atom. The third-order valence-corrected chi connectivity index (χ3v) is 4.51. The number of aryl methyl sites for hydroxylation is 1. The maximum Gasteiger partial charge on any atom is 0.342 e. The maximum atomic E-state index is 12.5. The Morgan fingerprint density at radius 3 is 2.38 bits per heavy atom. The molecule has 0 saturated heterocycles. The summed E-state index contributed by atoms with van der Waals surface area (Å²) in [6, 6.07) is 15.5. The van der Waals surface area contributed by atoms with Crippen molar-refractivity contribution in [3.05, 3.63) is 54.1 Å². The van der Waals surface area contributed by atoms with E-state index in [9.17, 15) is 9.90 Å². The minimum absolute atomic E-state index is 0.0149. The molecule has 1 heterocycles. The monoisotopic (exact) mass is 319 g/mol. The number of benzene rings is 3. The Balaban J connectivity index is 2.30. The molecule has 1 aromatic heterocycles. The number of rotatable bonds is 2. The highest BCUT2D eigenvalue weighted by molar-refractivity contribution is 6.25. The average Bonchev–Trinajstić information content (AvgIpc) is 2.89. The number of nitrogens with zero attached hydrogens (tertiary/aromatic N) is 1. The van der Waals surface area contributed by atoms with E-state index < -0.39 is 5.97 Å². The molecule has 4 heteroatoms. The maximum absolute atomic E-state index is 12.5. The summed E-state index contributed by atoms with van der Waals surface area (Å²) in [4.78, 5) is 12.5. The summed E-state index contributed by atoms with van der Waals surface area (Å²) < 4.78 is 7.24. The van der Waals surface area contributed by atoms with Crippen molar-refractivity contribution in [3.8, 4) is 5.75 Å². The standard InChI is InChI=1S/C20H17NO3/c1-3-24-20(23)17-12-8-4-5-9-13(12)18-16(19(17)22)14-10-6-7-11-15(14)21(18)2/h4-11,22H,3H2,1-2H3. The largest absolute Gasteiger partial charge is 0.506 e. The molecule has 0 aliphatic rings. The van der Waals surface area contributed by atoms with Gasteiger partial charge in [-0.15, -0.1) is 0 Å². The van der Waals surface area contributed by atoms with Crippen LogP contribution >= 0.6 is 0 Å². The highest BCUT2D eigenvalue weighted by Crippen LogP contribution is 2.42. The van der Waals surface area contributed by atoms with Gasteiger partial charge in [-0.2, -0.15) is 0 Å². The van der Waals surface area contributed by atoms with E-state index in [1.165, 1.54) is 0 Å². The van der Waals surface area contributed by atoms with E-state index in [-0.39, 0.29) is 17.9 Å². The van der Waals surface area contributed by atoms with Crippen molar-refractivity contribution in [2.24, 2.45) is 7.05 Å². The van der Waals surface area contributed by atoms with Gasteiger partial charge in [0.1, 0.15) is 11.3 Å². The number of hydrogen-bond donors (Lipinski definition) is 1. The van der Waals surface area contributed by atoms with Gasteiger partial charge in [-0.3, -0.25) is 0 Å². The van der Waals surface area contributed by atoms with Crippen LogP contribution < -0.4 is 0 Å². The van der Waals surface area contributed by atoms with Gasteiger partial charge in [0.05, 0.1) is 17.5 Å². The fraction of sp³-hybridized carbons (Fsp3) is 0.150. The zero-order valence-electron chi connectivity index (χ0n) is 13.5. The minimum Gasteiger partial charge on any atom is -0.506 e. The number of carbonyl (C=O) groups is 1. The lowest BCUT2D eigenvalue weighted by atomic mass is 9.98. The predicted octanol–water partition coefficient (Wildman–Crippen LogP) is 4.37. The van der Waals surface area contributed by atoms with E-state index in [0.717, 1.165) is 21.8 Å². The van der Waals surface area contributed by atoms with Crippen LogP contribution in [0.15, 0.2) is 48.5 Å². The molecule has 0 amide bonds. The highest BCUT2D eigenvalue weighted by Gasteiger charge is 2.24. The van der Waals surface area contributed by atoms with Crippen molar-refractivity contribution in [1.29, 1.82) is 0 Å². The Hall–Kier alpha value is -3.01. The lowest BCUT2D eigenvalue weighted by Crippen LogP contribution is -2.06. The number of ether oxygens (including phenoxy) is 1. The van der Waals surface area contributed by atoms with Crippen LogP contribution in [0.2, 0.25) is 0 Å². The number of para-hydroxylation sites is 1. The number of phenolic OH excluding ortho intramolecular Hbond substituents is 1. The third kappa shape index (κ3) is 1.83. The molecule has 0 fully saturated rings. The van der Waals surface area contributed by atoms with Crippen molar-refractivity contribution in [2.75, 3.05) is 6.61 Å². The number of carbonyl (C=O) groups excluding carboxylic acids is 1. The zero-order valence-corrected chi connectivity index (χ0v) is 13.5. The van der Waals surface area contributed by atoms with Crippen LogP contribution in [0.1, 0.15) is 17.3 Å². The van der Waals surface area contributed by atoms with Gasteiger partial charge in [-0.25, -0.2) is 4.79 Å². The number of fused-ring (bicyclic) bond motifs is 5. The molecular formula is C20H17NO3. The van der Waals surface area contributed by atoms with Crippen LogP contribution in [0.5, 0.6) is 5.75 Å². The first-order valence-corrected chi connectivity index (χ1v) is 7.93. The third-order valence-electron chi connectivity index (χ3n) is 4.51. The Kier molecular flexibility index (Phi) is 3.20. The Morgan fingerprint density at radius 2 is 1.67 bits per heavy atom. The molecule has 0 atom stereocenters. The molecule has 0 radical (unpaired) electrons. The molecular weight excluding hydrogens is 302 g/mol. The number of hydrogen-bond acceptors (Lipinski definition) is 3. The summed E-state index contributed by atoms with van der Waals surface area (Å²) in [6.45, 7) is 2.02. The summed E-state index contributed by atoms with van der Waals surface area (Å²) >= 11 is 0. The quantitative estimate of drug-likeness (QED) is 0.558. The van der Waals surface area contributed by atoms with Gasteiger partial charge < -0.3 is 14.4 Å². The van der Waals surface area contributed by atoms with E-state index in [2.05, 4.69) is 4.57 Å². The summed E-state index contributed by atoms with van der Waals surface area (Å²) in [5, 5.41) is 14.2. The van der Waals surface area contributed by atoms with Crippen molar-refractivity contribution in [3.63, 3.8) is 0 Å². The van der Waals surface area contributed by atoms with Gasteiger partial charge >= 0.3 is 5.97 Å². The molecule has 24 heavy (non-hydrogen) atoms. The second kappa shape index (κ2) is 5.27. The predicted molar refractivity (Wildman–Crippen MR) is 95.6 cm³/mol. The Bertz CT molecular complexity index is 1110. The molecule has 0 aliphatic carbocycles. The van der Waals surface area contributed by atoms with E-state index >= 15 is 0 Å². The molecule has 0 spiro atoms. The van der Waals surface area contributed by atoms with E-state index in [1.807, 2.05) is 55.6 Å². The number of phenols is 1. The van der Waals surface area contributed by atoms with Crippen molar-refractivity contribution < 1.29 is 14.6 Å². The average molecular weight is 319 g/mol. The lowest BCUT2D eigenvalue weighted by molar-refractivity contribution is 0.0526. The Labute approximate surface area is 138 Å². The summed E-state index contributed by atoms with van der Waals surface area (Å²) in [7, 11) is 1.97. The molecule has 0 aliphatic heterocycles. The second-order valence-electron chi connectivity index (χ2n) is 5.79. The molecule has 0 unspecified atom stereocenters. The first-order chi connectivity index (χ1) is 11.6. The van der Waals surface area contributed by atoms with Gasteiger partial charge in [0.15, 0.2) is 0 Å². The number of esters is 1. The number of aromatic nitrogens is 1. The van der Waals surface area contributed by atoms with Gasteiger partial charge in [-0.1, -0.05) is 42.5 Å². The summed E-state index contributed by atoms with van der Waals surface area (Å²) in [5.41, 5.74) is 2.16. The molecule has 1 N–H and O–H groups in total. The topological polar surface area (TPSA) is 51.5 Å². The van der Waals surface area contributed by atoms with Gasteiger partial charge in [0, 0.05) is 28.7 Å². The number of aromatic hydroxyl groups is 1. The first-order valence-electron chi connectivity index (χ1n) is 7.93. The molecule has 4 rings (SSSR count). The summed E-state index contributed by atoms with van der Waals surface area (Å²) in [6.07, 6.45) is 0. The van der Waals surface area contributed by atoms with E-state index in [4.69, 9.17) is 4.74 Å². The van der Waals surface area contributed by atoms with Gasteiger partial charge in [-0.05, 0) is 13.0 Å². The molecule has 0 bridgehead atoms. The smallest absolute Gasteiger partial charge is 0.342 e. The van der Waals surface area contributed by atoms with Gasteiger partial charge in [0.25, 0.3) is 0 Å². The van der Waals surface area contributed by atoms with E-state index in [0.29, 0.717) is 10.8 Å². The molecule has 0 saturated carbocycles. The fourth-order valence-corrected chi connectivity index (χ4v) is 3.52. The molecule has 120 valence electrons. The van der Waals surface area contributed by atoms with Crippen LogP contribution in [0.4, 0.5) is 0 Å². The fourth-order valence-electron chi connectivity index (χ4n) is 3.52.